The van der Waals surface area contributed by atoms with Crippen LogP contribution in [0.15, 0.2) is 41.9 Å². The highest BCUT2D eigenvalue weighted by Gasteiger charge is 2.33. The van der Waals surface area contributed by atoms with Gasteiger partial charge in [-0.15, -0.1) is 11.3 Å². The lowest BCUT2D eigenvalue weighted by atomic mass is 10.0. The van der Waals surface area contributed by atoms with Crippen LogP contribution < -0.4 is 0 Å². The standard InChI is InChI=1S/C20H22ClN3OS/c1-13-11-24(14(2)10-23(13)12-16-4-3-7-26-16)20(25)17-8-15-5-6-22-19(15)9-18(17)21/h3-9,13-14,22H,10-12H2,1-2H3/t13-,14?/m0/s1. The molecule has 1 saturated heterocycles. The second kappa shape index (κ2) is 7.06. The monoisotopic (exact) mass is 387 g/mol. The second-order valence-corrected chi connectivity index (χ2v) is 8.50. The number of fused-ring (bicyclic) bond motifs is 1. The van der Waals surface area contributed by atoms with Gasteiger partial charge in [0, 0.05) is 53.7 Å². The zero-order valence-corrected chi connectivity index (χ0v) is 16.5. The van der Waals surface area contributed by atoms with Gasteiger partial charge in [0.1, 0.15) is 0 Å². The number of benzene rings is 1. The maximum Gasteiger partial charge on any atom is 0.255 e. The van der Waals surface area contributed by atoms with Crippen LogP contribution in [0.5, 0.6) is 0 Å². The lowest BCUT2D eigenvalue weighted by Gasteiger charge is -2.44. The third-order valence-electron chi connectivity index (χ3n) is 5.19. The molecule has 1 N–H and O–H groups in total. The number of carbonyl (C=O) groups is 1. The predicted molar refractivity (Wildman–Crippen MR) is 108 cm³/mol. The summed E-state index contributed by atoms with van der Waals surface area (Å²) in [6.45, 7) is 6.84. The summed E-state index contributed by atoms with van der Waals surface area (Å²) in [4.78, 5) is 22.1. The van der Waals surface area contributed by atoms with Gasteiger partial charge in [-0.2, -0.15) is 0 Å². The average Bonchev–Trinajstić information content (AvgIpc) is 3.27. The zero-order valence-electron chi connectivity index (χ0n) is 14.9. The molecule has 3 aromatic rings. The first-order valence-electron chi connectivity index (χ1n) is 8.87. The number of halogens is 1. The maximum atomic E-state index is 13.2. The molecule has 0 aliphatic carbocycles. The number of amides is 1. The Morgan fingerprint density at radius 2 is 2.12 bits per heavy atom. The summed E-state index contributed by atoms with van der Waals surface area (Å²) in [5.74, 6) is 0.0215. The number of H-pyrrole nitrogens is 1. The molecule has 2 aromatic heterocycles. The van der Waals surface area contributed by atoms with Crippen molar-refractivity contribution in [3.05, 3.63) is 57.4 Å². The second-order valence-electron chi connectivity index (χ2n) is 7.06. The number of hydrogen-bond donors (Lipinski definition) is 1. The molecular formula is C20H22ClN3OS. The van der Waals surface area contributed by atoms with E-state index < -0.39 is 0 Å². The van der Waals surface area contributed by atoms with Crippen molar-refractivity contribution < 1.29 is 4.79 Å². The van der Waals surface area contributed by atoms with Crippen molar-refractivity contribution in [2.45, 2.75) is 32.5 Å². The van der Waals surface area contributed by atoms with E-state index in [1.165, 1.54) is 4.88 Å². The molecular weight excluding hydrogens is 366 g/mol. The molecule has 6 heteroatoms. The fraction of sp³-hybridized carbons (Fsp3) is 0.350. The van der Waals surface area contributed by atoms with E-state index in [2.05, 4.69) is 41.2 Å². The fourth-order valence-electron chi connectivity index (χ4n) is 3.70. The van der Waals surface area contributed by atoms with Gasteiger partial charge in [0.2, 0.25) is 0 Å². The van der Waals surface area contributed by atoms with Gasteiger partial charge in [-0.1, -0.05) is 17.7 Å². The smallest absolute Gasteiger partial charge is 0.255 e. The van der Waals surface area contributed by atoms with Crippen LogP contribution in [-0.2, 0) is 6.54 Å². The van der Waals surface area contributed by atoms with Crippen LogP contribution in [0.2, 0.25) is 5.02 Å². The molecule has 1 aromatic carbocycles. The molecule has 0 radical (unpaired) electrons. The van der Waals surface area contributed by atoms with E-state index >= 15 is 0 Å². The minimum atomic E-state index is 0.0215. The lowest BCUT2D eigenvalue weighted by Crippen LogP contribution is -2.57. The van der Waals surface area contributed by atoms with Crippen molar-refractivity contribution >= 4 is 39.7 Å². The molecule has 1 aliphatic heterocycles. The molecule has 4 nitrogen and oxygen atoms in total. The van der Waals surface area contributed by atoms with Gasteiger partial charge in [-0.3, -0.25) is 9.69 Å². The molecule has 2 atom stereocenters. The first-order valence-corrected chi connectivity index (χ1v) is 10.1. The van der Waals surface area contributed by atoms with Crippen molar-refractivity contribution in [3.63, 3.8) is 0 Å². The van der Waals surface area contributed by atoms with Gasteiger partial charge in [0.05, 0.1) is 10.6 Å². The maximum absolute atomic E-state index is 13.2. The number of hydrogen-bond acceptors (Lipinski definition) is 3. The van der Waals surface area contributed by atoms with E-state index in [0.29, 0.717) is 23.2 Å². The van der Waals surface area contributed by atoms with Gasteiger partial charge in [0.15, 0.2) is 0 Å². The number of aromatic amines is 1. The highest BCUT2D eigenvalue weighted by atomic mass is 35.5. The number of thiophene rings is 1. The van der Waals surface area contributed by atoms with Crippen molar-refractivity contribution in [3.8, 4) is 0 Å². The molecule has 0 bridgehead atoms. The van der Waals surface area contributed by atoms with E-state index in [4.69, 9.17) is 11.6 Å². The minimum Gasteiger partial charge on any atom is -0.361 e. The van der Waals surface area contributed by atoms with Crippen LogP contribution in [0.1, 0.15) is 29.1 Å². The zero-order chi connectivity index (χ0) is 18.3. The summed E-state index contributed by atoms with van der Waals surface area (Å²) < 4.78 is 0. The van der Waals surface area contributed by atoms with E-state index in [1.807, 2.05) is 29.3 Å². The molecule has 1 unspecified atom stereocenters. The van der Waals surface area contributed by atoms with Gasteiger partial charge >= 0.3 is 0 Å². The number of nitrogens with zero attached hydrogens (tertiary/aromatic N) is 2. The largest absolute Gasteiger partial charge is 0.361 e. The van der Waals surface area contributed by atoms with Crippen molar-refractivity contribution in [1.82, 2.24) is 14.8 Å². The Labute approximate surface area is 162 Å². The molecule has 1 amide bonds. The quantitative estimate of drug-likeness (QED) is 0.712. The lowest BCUT2D eigenvalue weighted by molar-refractivity contribution is 0.0294. The SMILES string of the molecule is CC1CN(Cc2cccs2)[C@@H](C)CN1C(=O)c1cc2cc[nH]c2cc1Cl. The highest BCUT2D eigenvalue weighted by Crippen LogP contribution is 2.27. The van der Waals surface area contributed by atoms with Gasteiger partial charge in [-0.05, 0) is 43.5 Å². The van der Waals surface area contributed by atoms with Crippen LogP contribution in [0.3, 0.4) is 0 Å². The molecule has 26 heavy (non-hydrogen) atoms. The summed E-state index contributed by atoms with van der Waals surface area (Å²) in [5.41, 5.74) is 1.54. The fourth-order valence-corrected chi connectivity index (χ4v) is 4.67. The Balaban J connectivity index is 1.53. The molecule has 1 fully saturated rings. The summed E-state index contributed by atoms with van der Waals surface area (Å²) in [5, 5.41) is 3.63. The van der Waals surface area contributed by atoms with E-state index in [1.54, 1.807) is 11.3 Å². The van der Waals surface area contributed by atoms with Crippen LogP contribution in [0, 0.1) is 0 Å². The van der Waals surface area contributed by atoms with Crippen LogP contribution in [0.25, 0.3) is 10.9 Å². The predicted octanol–water partition coefficient (Wildman–Crippen LogP) is 4.62. The third kappa shape index (κ3) is 3.27. The van der Waals surface area contributed by atoms with Gasteiger partial charge in [0.25, 0.3) is 5.91 Å². The number of piperazine rings is 1. The Morgan fingerprint density at radius 1 is 1.27 bits per heavy atom. The summed E-state index contributed by atoms with van der Waals surface area (Å²) in [6, 6.07) is 10.4. The summed E-state index contributed by atoms with van der Waals surface area (Å²) >= 11 is 8.19. The molecule has 0 saturated carbocycles. The normalized spacial score (nSPS) is 21.4. The van der Waals surface area contributed by atoms with Crippen LogP contribution >= 0.6 is 22.9 Å². The molecule has 1 aliphatic rings. The number of rotatable bonds is 3. The van der Waals surface area contributed by atoms with Gasteiger partial charge < -0.3 is 9.88 Å². The van der Waals surface area contributed by atoms with Crippen LogP contribution in [-0.4, -0.2) is 45.9 Å². The molecule has 136 valence electrons. The van der Waals surface area contributed by atoms with E-state index in [-0.39, 0.29) is 11.9 Å². The van der Waals surface area contributed by atoms with Crippen molar-refractivity contribution in [2.75, 3.05) is 13.1 Å². The average molecular weight is 388 g/mol. The molecule has 4 rings (SSSR count). The Bertz CT molecular complexity index is 920. The number of nitrogens with one attached hydrogen (secondary N) is 1. The first kappa shape index (κ1) is 17.6. The first-order chi connectivity index (χ1) is 12.5. The molecule has 3 heterocycles. The summed E-state index contributed by atoms with van der Waals surface area (Å²) in [6.07, 6.45) is 1.86. The van der Waals surface area contributed by atoms with Gasteiger partial charge in [-0.25, -0.2) is 0 Å². The minimum absolute atomic E-state index is 0.0215. The topological polar surface area (TPSA) is 39.3 Å². The molecule has 0 spiro atoms. The number of aromatic nitrogens is 1. The third-order valence-corrected chi connectivity index (χ3v) is 6.36. The Kier molecular flexibility index (Phi) is 4.78. The highest BCUT2D eigenvalue weighted by molar-refractivity contribution is 7.09. The van der Waals surface area contributed by atoms with Crippen molar-refractivity contribution in [1.29, 1.82) is 0 Å². The van der Waals surface area contributed by atoms with Crippen molar-refractivity contribution in [2.24, 2.45) is 0 Å². The van der Waals surface area contributed by atoms with Crippen LogP contribution in [0.4, 0.5) is 0 Å². The Hall–Kier alpha value is -1.82. The number of carbonyl (C=O) groups excluding carboxylic acids is 1. The Morgan fingerprint density at radius 3 is 2.88 bits per heavy atom. The summed E-state index contributed by atoms with van der Waals surface area (Å²) in [7, 11) is 0. The van der Waals surface area contributed by atoms with E-state index in [0.717, 1.165) is 24.0 Å². The van der Waals surface area contributed by atoms with E-state index in [9.17, 15) is 4.79 Å².